The number of carbonyl (C=O) groups excluding carboxylic acids is 1. The highest BCUT2D eigenvalue weighted by Gasteiger charge is 2.14. The molecule has 0 aliphatic heterocycles. The zero-order valence-corrected chi connectivity index (χ0v) is 26.0. The lowest BCUT2D eigenvalue weighted by atomic mass is 9.95. The molecular formula is C33H58F2N2O2. The summed E-state index contributed by atoms with van der Waals surface area (Å²) in [6.45, 7) is 13.8. The molecule has 0 aromatic heterocycles. The highest BCUT2D eigenvalue weighted by molar-refractivity contribution is 5.73. The lowest BCUT2D eigenvalue weighted by molar-refractivity contribution is -0.119. The van der Waals surface area contributed by atoms with Crippen LogP contribution in [0.1, 0.15) is 137 Å². The van der Waals surface area contributed by atoms with Crippen LogP contribution in [0.3, 0.4) is 0 Å². The van der Waals surface area contributed by atoms with Crippen LogP contribution in [0.4, 0.5) is 14.5 Å². The van der Waals surface area contributed by atoms with Gasteiger partial charge in [-0.3, -0.25) is 9.79 Å². The molecule has 2 rings (SSSR count). The molecule has 0 spiro atoms. The first-order valence-corrected chi connectivity index (χ1v) is 15.5. The van der Waals surface area contributed by atoms with Crippen LogP contribution in [0, 0.1) is 12.8 Å². The molecule has 1 amide bonds. The fourth-order valence-electron chi connectivity index (χ4n) is 4.44. The molecule has 0 saturated heterocycles. The molecule has 226 valence electrons. The van der Waals surface area contributed by atoms with Crippen molar-refractivity contribution >= 4 is 17.8 Å². The van der Waals surface area contributed by atoms with Gasteiger partial charge in [0.05, 0.1) is 6.10 Å². The van der Waals surface area contributed by atoms with Crippen LogP contribution < -0.4 is 10.1 Å². The molecule has 0 heterocycles. The van der Waals surface area contributed by atoms with Crippen LogP contribution in [0.25, 0.3) is 0 Å². The molecule has 1 aromatic carbocycles. The average molecular weight is 553 g/mol. The summed E-state index contributed by atoms with van der Waals surface area (Å²) in [7, 11) is 0. The minimum atomic E-state index is -2.13. The summed E-state index contributed by atoms with van der Waals surface area (Å²) < 4.78 is 29.5. The molecule has 6 heteroatoms. The van der Waals surface area contributed by atoms with E-state index >= 15 is 0 Å². The summed E-state index contributed by atoms with van der Waals surface area (Å²) in [4.78, 5) is 15.2. The Labute approximate surface area is 238 Å². The Balaban J connectivity index is 0.000000660. The van der Waals surface area contributed by atoms with Gasteiger partial charge in [0.25, 0.3) is 0 Å². The maximum atomic E-state index is 11.6. The van der Waals surface area contributed by atoms with Gasteiger partial charge in [-0.15, -0.1) is 0 Å². The number of ether oxygens (including phenoxy) is 1. The maximum Gasteiger partial charge on any atom is 0.241 e. The standard InChI is InChI=1S/C19H31NO.C8H15NO.C6H12F2/c1-5-8-10-13-17(7-3)21-18-14-11-12-16(4)19(18)20-15-9-6-2;1-7(10)9-8-5-3-2-4-6-8;1-3-4-5(2)6(7)8/h11-12,14-15,17H,5-10,13H2,1-4H3;8H,2-6H2,1H3,(H,9,10);5-6H,3-4H2,1-2H3. The fourth-order valence-corrected chi connectivity index (χ4v) is 4.44. The van der Waals surface area contributed by atoms with Crippen molar-refractivity contribution in [2.75, 3.05) is 0 Å². The molecular weight excluding hydrogens is 494 g/mol. The third-order valence-electron chi connectivity index (χ3n) is 6.90. The molecule has 1 saturated carbocycles. The average Bonchev–Trinajstić information content (AvgIpc) is 2.91. The number of aryl methyl sites for hydroxylation is 1. The second kappa shape index (κ2) is 23.9. The Morgan fingerprint density at radius 1 is 1.05 bits per heavy atom. The number of carbonyl (C=O) groups is 1. The van der Waals surface area contributed by atoms with Crippen molar-refractivity contribution in [3.8, 4) is 5.75 Å². The minimum absolute atomic E-state index is 0.118. The number of nitrogens with zero attached hydrogens (tertiary/aromatic N) is 1. The minimum Gasteiger partial charge on any atom is -0.488 e. The molecule has 39 heavy (non-hydrogen) atoms. The number of nitrogens with one attached hydrogen (secondary N) is 1. The molecule has 1 aromatic rings. The predicted molar refractivity (Wildman–Crippen MR) is 164 cm³/mol. The van der Waals surface area contributed by atoms with Crippen LogP contribution in [0.2, 0.25) is 0 Å². The number of amides is 1. The largest absolute Gasteiger partial charge is 0.488 e. The van der Waals surface area contributed by atoms with E-state index in [0.29, 0.717) is 18.6 Å². The molecule has 0 bridgehead atoms. The lowest BCUT2D eigenvalue weighted by Crippen LogP contribution is -2.34. The van der Waals surface area contributed by atoms with Crippen molar-refractivity contribution in [3.05, 3.63) is 23.8 Å². The van der Waals surface area contributed by atoms with Crippen LogP contribution >= 0.6 is 0 Å². The van der Waals surface area contributed by atoms with Gasteiger partial charge in [0.2, 0.25) is 12.3 Å². The van der Waals surface area contributed by atoms with Crippen molar-refractivity contribution in [3.63, 3.8) is 0 Å². The van der Waals surface area contributed by atoms with Gasteiger partial charge in [-0.05, 0) is 63.5 Å². The predicted octanol–water partition coefficient (Wildman–Crippen LogP) is 10.4. The third kappa shape index (κ3) is 18.9. The van der Waals surface area contributed by atoms with Crippen LogP contribution in [0.5, 0.6) is 5.75 Å². The van der Waals surface area contributed by atoms with Gasteiger partial charge in [0.1, 0.15) is 11.4 Å². The number of rotatable bonds is 14. The van der Waals surface area contributed by atoms with Crippen LogP contribution in [0.15, 0.2) is 23.2 Å². The second-order valence-corrected chi connectivity index (χ2v) is 10.8. The Hall–Kier alpha value is -1.98. The van der Waals surface area contributed by atoms with E-state index in [0.717, 1.165) is 43.5 Å². The number of hydrogen-bond donors (Lipinski definition) is 1. The molecule has 1 aliphatic carbocycles. The molecule has 2 unspecified atom stereocenters. The highest BCUT2D eigenvalue weighted by atomic mass is 19.3. The van der Waals surface area contributed by atoms with Gasteiger partial charge in [-0.2, -0.15) is 0 Å². The zero-order chi connectivity index (χ0) is 29.5. The van der Waals surface area contributed by atoms with E-state index in [1.54, 1.807) is 13.8 Å². The van der Waals surface area contributed by atoms with Crippen LogP contribution in [-0.2, 0) is 4.79 Å². The van der Waals surface area contributed by atoms with E-state index < -0.39 is 12.3 Å². The Kier molecular flexibility index (Phi) is 22.7. The van der Waals surface area contributed by atoms with Crippen molar-refractivity contribution in [2.24, 2.45) is 10.9 Å². The number of alkyl halides is 2. The molecule has 0 radical (unpaired) electrons. The molecule has 4 nitrogen and oxygen atoms in total. The molecule has 1 fully saturated rings. The summed E-state index contributed by atoms with van der Waals surface area (Å²) >= 11 is 0. The van der Waals surface area contributed by atoms with Gasteiger partial charge in [-0.25, -0.2) is 8.78 Å². The smallest absolute Gasteiger partial charge is 0.241 e. The SMILES string of the molecule is CC(=O)NC1CCCCC1.CCCC(C)C(F)F.CCCC=Nc1c(C)cccc1OC(CC)CCCCC. The van der Waals surface area contributed by atoms with Gasteiger partial charge in [0, 0.05) is 25.1 Å². The zero-order valence-electron chi connectivity index (χ0n) is 26.0. The summed E-state index contributed by atoms with van der Waals surface area (Å²) in [6, 6.07) is 6.69. The number of halogens is 2. The number of unbranched alkanes of at least 4 members (excludes halogenated alkanes) is 3. The van der Waals surface area contributed by atoms with E-state index in [-0.39, 0.29) is 5.91 Å². The molecule has 1 N–H and O–H groups in total. The first-order chi connectivity index (χ1) is 18.7. The topological polar surface area (TPSA) is 50.7 Å². The summed E-state index contributed by atoms with van der Waals surface area (Å²) in [5, 5.41) is 2.94. The molecule has 1 aliphatic rings. The Bertz CT molecular complexity index is 764. The van der Waals surface area contributed by atoms with Crippen molar-refractivity contribution in [2.45, 2.75) is 157 Å². The third-order valence-corrected chi connectivity index (χ3v) is 6.90. The van der Waals surface area contributed by atoms with Crippen molar-refractivity contribution in [1.29, 1.82) is 0 Å². The van der Waals surface area contributed by atoms with Crippen molar-refractivity contribution in [1.82, 2.24) is 5.32 Å². The fraction of sp³-hybridized carbons (Fsp3) is 0.758. The second-order valence-electron chi connectivity index (χ2n) is 10.8. The number of hydrogen-bond acceptors (Lipinski definition) is 3. The van der Waals surface area contributed by atoms with E-state index in [2.05, 4.69) is 50.1 Å². The first kappa shape index (κ1) is 37.0. The molecule has 2 atom stereocenters. The Morgan fingerprint density at radius 3 is 2.26 bits per heavy atom. The lowest BCUT2D eigenvalue weighted by Gasteiger charge is -2.21. The van der Waals surface area contributed by atoms with Crippen LogP contribution in [-0.4, -0.2) is 30.7 Å². The van der Waals surface area contributed by atoms with Crippen molar-refractivity contribution < 1.29 is 18.3 Å². The van der Waals surface area contributed by atoms with E-state index in [1.807, 2.05) is 19.2 Å². The normalized spacial score (nSPS) is 15.1. The van der Waals surface area contributed by atoms with Gasteiger partial charge in [0.15, 0.2) is 0 Å². The summed E-state index contributed by atoms with van der Waals surface area (Å²) in [5.74, 6) is 0.637. The quantitative estimate of drug-likeness (QED) is 0.184. The van der Waals surface area contributed by atoms with E-state index in [4.69, 9.17) is 4.74 Å². The maximum absolute atomic E-state index is 11.6. The van der Waals surface area contributed by atoms with Gasteiger partial charge >= 0.3 is 0 Å². The number of aliphatic imine (C=N–C) groups is 1. The van der Waals surface area contributed by atoms with E-state index in [9.17, 15) is 13.6 Å². The Morgan fingerprint density at radius 2 is 1.74 bits per heavy atom. The highest BCUT2D eigenvalue weighted by Crippen LogP contribution is 2.32. The van der Waals surface area contributed by atoms with Gasteiger partial charge in [-0.1, -0.05) is 91.7 Å². The van der Waals surface area contributed by atoms with E-state index in [1.165, 1.54) is 56.9 Å². The summed E-state index contributed by atoms with van der Waals surface area (Å²) in [5.41, 5.74) is 2.18. The monoisotopic (exact) mass is 552 g/mol. The summed E-state index contributed by atoms with van der Waals surface area (Å²) in [6.07, 6.45) is 16.1. The first-order valence-electron chi connectivity index (χ1n) is 15.5. The number of para-hydroxylation sites is 1. The number of benzene rings is 1. The van der Waals surface area contributed by atoms with Gasteiger partial charge < -0.3 is 10.1 Å².